The molecular formula is C17H12N2O2. The summed E-state index contributed by atoms with van der Waals surface area (Å²) in [5, 5.41) is 5.41. The van der Waals surface area contributed by atoms with Crippen molar-refractivity contribution >= 4 is 28.1 Å². The maximum absolute atomic E-state index is 11.8. The van der Waals surface area contributed by atoms with E-state index in [1.54, 1.807) is 6.07 Å². The molecule has 0 atom stereocenters. The summed E-state index contributed by atoms with van der Waals surface area (Å²) in [5.74, 6) is -0.422. The minimum Gasteiger partial charge on any atom is -0.464 e. The highest BCUT2D eigenvalue weighted by atomic mass is 16.5. The second kappa shape index (κ2) is 4.31. The number of ether oxygens (including phenoxy) is 1. The molecule has 0 bridgehead atoms. The molecule has 2 heterocycles. The van der Waals surface area contributed by atoms with E-state index in [9.17, 15) is 4.79 Å². The Labute approximate surface area is 121 Å². The molecule has 0 radical (unpaired) electrons. The SMILES string of the molecule is COC(=O)c1cc2cccc3c2c(n1)-c1ccccc1N3. The van der Waals surface area contributed by atoms with Crippen LogP contribution in [0.4, 0.5) is 11.4 Å². The van der Waals surface area contributed by atoms with E-state index >= 15 is 0 Å². The van der Waals surface area contributed by atoms with Gasteiger partial charge in [0.05, 0.1) is 12.8 Å². The smallest absolute Gasteiger partial charge is 0.356 e. The molecule has 0 amide bonds. The molecule has 1 aliphatic rings. The minimum atomic E-state index is -0.422. The van der Waals surface area contributed by atoms with Crippen LogP contribution in [-0.4, -0.2) is 18.1 Å². The largest absolute Gasteiger partial charge is 0.464 e. The van der Waals surface area contributed by atoms with Crippen LogP contribution in [0.3, 0.4) is 0 Å². The van der Waals surface area contributed by atoms with E-state index in [-0.39, 0.29) is 0 Å². The lowest BCUT2D eigenvalue weighted by Gasteiger charge is -2.21. The molecule has 102 valence electrons. The molecule has 4 heteroatoms. The van der Waals surface area contributed by atoms with Gasteiger partial charge in [-0.2, -0.15) is 0 Å². The standard InChI is InChI=1S/C17H12N2O2/c1-21-17(20)14-9-10-5-4-8-13-15(10)16(19-14)11-6-2-3-7-12(11)18-13/h2-9,18H,1H3. The van der Waals surface area contributed by atoms with Crippen molar-refractivity contribution in [1.82, 2.24) is 4.98 Å². The van der Waals surface area contributed by atoms with Gasteiger partial charge >= 0.3 is 5.97 Å². The van der Waals surface area contributed by atoms with Crippen molar-refractivity contribution in [2.24, 2.45) is 0 Å². The third kappa shape index (κ3) is 1.69. The number of benzene rings is 2. The van der Waals surface area contributed by atoms with Crippen molar-refractivity contribution in [2.45, 2.75) is 0 Å². The van der Waals surface area contributed by atoms with Gasteiger partial charge in [-0.3, -0.25) is 0 Å². The molecule has 0 aliphatic carbocycles. The number of hydrogen-bond donors (Lipinski definition) is 1. The fourth-order valence-electron chi connectivity index (χ4n) is 2.76. The van der Waals surface area contributed by atoms with Crippen LogP contribution in [-0.2, 0) is 4.74 Å². The van der Waals surface area contributed by atoms with Gasteiger partial charge in [-0.1, -0.05) is 30.3 Å². The Morgan fingerprint density at radius 3 is 2.76 bits per heavy atom. The molecule has 1 N–H and O–H groups in total. The van der Waals surface area contributed by atoms with E-state index in [1.807, 2.05) is 42.5 Å². The first-order chi connectivity index (χ1) is 10.3. The Bertz CT molecular complexity index is 887. The summed E-state index contributed by atoms with van der Waals surface area (Å²) in [6.45, 7) is 0. The van der Waals surface area contributed by atoms with Crippen molar-refractivity contribution in [1.29, 1.82) is 0 Å². The van der Waals surface area contributed by atoms with Crippen molar-refractivity contribution in [3.05, 3.63) is 54.2 Å². The maximum atomic E-state index is 11.8. The molecule has 21 heavy (non-hydrogen) atoms. The van der Waals surface area contributed by atoms with Crippen LogP contribution < -0.4 is 5.32 Å². The summed E-state index contributed by atoms with van der Waals surface area (Å²) in [6, 6.07) is 15.7. The van der Waals surface area contributed by atoms with E-state index < -0.39 is 5.97 Å². The second-order valence-corrected chi connectivity index (χ2v) is 4.92. The average molecular weight is 276 g/mol. The van der Waals surface area contributed by atoms with Crippen LogP contribution in [0.1, 0.15) is 10.5 Å². The molecule has 3 aromatic rings. The zero-order chi connectivity index (χ0) is 14.4. The van der Waals surface area contributed by atoms with E-state index in [0.717, 1.165) is 33.4 Å². The number of aromatic nitrogens is 1. The highest BCUT2D eigenvalue weighted by molar-refractivity contribution is 6.11. The number of methoxy groups -OCH3 is 1. The van der Waals surface area contributed by atoms with Gasteiger partial charge in [-0.15, -0.1) is 0 Å². The summed E-state index contributed by atoms with van der Waals surface area (Å²) < 4.78 is 4.80. The number of nitrogens with zero attached hydrogens (tertiary/aromatic N) is 1. The van der Waals surface area contributed by atoms with Crippen LogP contribution >= 0.6 is 0 Å². The summed E-state index contributed by atoms with van der Waals surface area (Å²) in [5.41, 5.74) is 4.13. The first-order valence-corrected chi connectivity index (χ1v) is 6.66. The normalized spacial score (nSPS) is 11.7. The predicted molar refractivity (Wildman–Crippen MR) is 81.8 cm³/mol. The lowest BCUT2D eigenvalue weighted by molar-refractivity contribution is 0.0594. The number of carbonyl (C=O) groups excluding carboxylic acids is 1. The molecule has 0 unspecified atom stereocenters. The van der Waals surface area contributed by atoms with E-state index in [1.165, 1.54) is 7.11 Å². The Balaban J connectivity index is 2.12. The molecule has 0 saturated heterocycles. The molecule has 1 aliphatic heterocycles. The monoisotopic (exact) mass is 276 g/mol. The lowest BCUT2D eigenvalue weighted by atomic mass is 9.96. The van der Waals surface area contributed by atoms with E-state index in [2.05, 4.69) is 10.3 Å². The molecule has 0 fully saturated rings. The third-order valence-electron chi connectivity index (χ3n) is 3.70. The number of nitrogens with one attached hydrogen (secondary N) is 1. The predicted octanol–water partition coefficient (Wildman–Crippen LogP) is 3.75. The Hall–Kier alpha value is -2.88. The molecule has 1 aromatic heterocycles. The number of para-hydroxylation sites is 1. The number of anilines is 2. The van der Waals surface area contributed by atoms with Crippen LogP contribution in [0.25, 0.3) is 22.0 Å². The highest BCUT2D eigenvalue weighted by Crippen LogP contribution is 2.42. The highest BCUT2D eigenvalue weighted by Gasteiger charge is 2.21. The first-order valence-electron chi connectivity index (χ1n) is 6.66. The average Bonchev–Trinajstić information content (AvgIpc) is 2.54. The Kier molecular flexibility index (Phi) is 2.44. The maximum Gasteiger partial charge on any atom is 0.356 e. The van der Waals surface area contributed by atoms with Crippen LogP contribution in [0.15, 0.2) is 48.5 Å². The fraction of sp³-hybridized carbons (Fsp3) is 0.0588. The number of pyridine rings is 1. The quantitative estimate of drug-likeness (QED) is 0.538. The summed E-state index contributed by atoms with van der Waals surface area (Å²) in [6.07, 6.45) is 0. The molecule has 0 spiro atoms. The lowest BCUT2D eigenvalue weighted by Crippen LogP contribution is -2.08. The number of rotatable bonds is 1. The number of hydrogen-bond acceptors (Lipinski definition) is 4. The summed E-state index contributed by atoms with van der Waals surface area (Å²) in [4.78, 5) is 16.4. The van der Waals surface area contributed by atoms with Gasteiger partial charge in [0.15, 0.2) is 0 Å². The van der Waals surface area contributed by atoms with E-state index in [0.29, 0.717) is 5.69 Å². The van der Waals surface area contributed by atoms with E-state index in [4.69, 9.17) is 4.74 Å². The van der Waals surface area contributed by atoms with Crippen molar-refractivity contribution < 1.29 is 9.53 Å². The van der Waals surface area contributed by atoms with Crippen LogP contribution in [0.2, 0.25) is 0 Å². The zero-order valence-corrected chi connectivity index (χ0v) is 11.4. The fourth-order valence-corrected chi connectivity index (χ4v) is 2.76. The molecule has 2 aromatic carbocycles. The molecule has 4 nitrogen and oxygen atoms in total. The summed E-state index contributed by atoms with van der Waals surface area (Å²) in [7, 11) is 1.37. The zero-order valence-electron chi connectivity index (χ0n) is 11.4. The van der Waals surface area contributed by atoms with Gasteiger partial charge in [0, 0.05) is 22.3 Å². The molecule has 4 rings (SSSR count). The van der Waals surface area contributed by atoms with Gasteiger partial charge in [-0.25, -0.2) is 9.78 Å². The Morgan fingerprint density at radius 1 is 1.10 bits per heavy atom. The van der Waals surface area contributed by atoms with Crippen molar-refractivity contribution in [2.75, 3.05) is 12.4 Å². The number of esters is 1. The van der Waals surface area contributed by atoms with Gasteiger partial charge in [-0.05, 0) is 23.6 Å². The second-order valence-electron chi connectivity index (χ2n) is 4.92. The van der Waals surface area contributed by atoms with Gasteiger partial charge in [0.25, 0.3) is 0 Å². The molecular weight excluding hydrogens is 264 g/mol. The Morgan fingerprint density at radius 2 is 1.90 bits per heavy atom. The summed E-state index contributed by atoms with van der Waals surface area (Å²) >= 11 is 0. The number of fused-ring (bicyclic) bond motifs is 2. The van der Waals surface area contributed by atoms with Crippen LogP contribution in [0, 0.1) is 0 Å². The number of carbonyl (C=O) groups is 1. The third-order valence-corrected chi connectivity index (χ3v) is 3.70. The topological polar surface area (TPSA) is 51.2 Å². The van der Waals surface area contributed by atoms with Crippen molar-refractivity contribution in [3.8, 4) is 11.3 Å². The van der Waals surface area contributed by atoms with Crippen LogP contribution in [0.5, 0.6) is 0 Å². The minimum absolute atomic E-state index is 0.328. The van der Waals surface area contributed by atoms with Crippen molar-refractivity contribution in [3.63, 3.8) is 0 Å². The van der Waals surface area contributed by atoms with Gasteiger partial charge < -0.3 is 10.1 Å². The molecule has 0 saturated carbocycles. The first kappa shape index (κ1) is 11.9. The van der Waals surface area contributed by atoms with Gasteiger partial charge in [0.1, 0.15) is 5.69 Å². The van der Waals surface area contributed by atoms with Gasteiger partial charge in [0.2, 0.25) is 0 Å².